The number of hydrogen-bond donors (Lipinski definition) is 1. The Balaban J connectivity index is 2.43. The van der Waals surface area contributed by atoms with E-state index in [0.717, 1.165) is 18.2 Å². The second-order valence-corrected chi connectivity index (χ2v) is 4.76. The topological polar surface area (TPSA) is 55.1 Å². The summed E-state index contributed by atoms with van der Waals surface area (Å²) in [4.78, 5) is 10.6. The van der Waals surface area contributed by atoms with Crippen LogP contribution >= 0.6 is 0 Å². The van der Waals surface area contributed by atoms with Gasteiger partial charge in [0.1, 0.15) is 0 Å². The Bertz CT molecular complexity index is 756. The van der Waals surface area contributed by atoms with Gasteiger partial charge in [0.05, 0.1) is 11.8 Å². The molecule has 1 N–H and O–H groups in total. The number of halogens is 3. The normalized spacial score (nSPS) is 12.8. The molecule has 120 valence electrons. The van der Waals surface area contributed by atoms with E-state index in [1.54, 1.807) is 24.1 Å². The maximum Gasteiger partial charge on any atom is 0.416 e. The number of nitrogens with zero attached hydrogens (tertiary/aromatic N) is 2. The molecule has 23 heavy (non-hydrogen) atoms. The molecular weight excluding hydrogens is 309 g/mol. The van der Waals surface area contributed by atoms with Crippen molar-refractivity contribution in [2.75, 3.05) is 0 Å². The second kappa shape index (κ2) is 6.51. The molecule has 0 spiro atoms. The highest BCUT2D eigenvalue weighted by Gasteiger charge is 2.30. The Kier molecular flexibility index (Phi) is 4.68. The van der Waals surface area contributed by atoms with E-state index in [2.05, 4.69) is 5.10 Å². The number of allylic oxidation sites excluding steroid dienone is 2. The van der Waals surface area contributed by atoms with E-state index in [4.69, 9.17) is 5.11 Å². The van der Waals surface area contributed by atoms with Gasteiger partial charge in [0, 0.05) is 24.9 Å². The number of aromatic nitrogens is 2. The summed E-state index contributed by atoms with van der Waals surface area (Å²) in [6.07, 6.45) is 2.63. The van der Waals surface area contributed by atoms with Crippen LogP contribution in [0.2, 0.25) is 0 Å². The number of carbonyl (C=O) groups is 1. The van der Waals surface area contributed by atoms with Crippen molar-refractivity contribution < 1.29 is 23.1 Å². The van der Waals surface area contributed by atoms with Gasteiger partial charge in [0.25, 0.3) is 0 Å². The van der Waals surface area contributed by atoms with Gasteiger partial charge in [-0.1, -0.05) is 24.3 Å². The third-order valence-electron chi connectivity index (χ3n) is 3.04. The number of alkyl halides is 3. The molecule has 4 nitrogen and oxygen atoms in total. The third-order valence-corrected chi connectivity index (χ3v) is 3.04. The number of hydrogen-bond acceptors (Lipinski definition) is 2. The predicted octanol–water partition coefficient (Wildman–Crippen LogP) is 3.51. The first-order valence-corrected chi connectivity index (χ1v) is 6.55. The van der Waals surface area contributed by atoms with Crippen LogP contribution in [0.4, 0.5) is 13.2 Å². The molecule has 0 fully saturated rings. The standard InChI is InChI=1S/C16H13F3N2O2/c1-21-10-12(9-20-21)14(3-2-4-15(22)23)11-5-7-13(8-6-11)16(17,18)19/h2-10H,1H3,(H,22,23)/b4-2+,14-3+. The van der Waals surface area contributed by atoms with Crippen molar-refractivity contribution in [1.29, 1.82) is 0 Å². The zero-order valence-corrected chi connectivity index (χ0v) is 12.1. The molecule has 0 saturated carbocycles. The number of carboxylic acid groups (broad SMARTS) is 1. The van der Waals surface area contributed by atoms with E-state index in [0.29, 0.717) is 16.7 Å². The summed E-state index contributed by atoms with van der Waals surface area (Å²) in [6, 6.07) is 4.66. The molecule has 0 unspecified atom stereocenters. The fraction of sp³-hybridized carbons (Fsp3) is 0.125. The molecule has 0 bridgehead atoms. The monoisotopic (exact) mass is 322 g/mol. The largest absolute Gasteiger partial charge is 0.478 e. The summed E-state index contributed by atoms with van der Waals surface area (Å²) < 4.78 is 39.5. The van der Waals surface area contributed by atoms with Crippen LogP contribution in [0.1, 0.15) is 16.7 Å². The van der Waals surface area contributed by atoms with Gasteiger partial charge in [0.15, 0.2) is 0 Å². The minimum atomic E-state index is -4.40. The lowest BCUT2D eigenvalue weighted by atomic mass is 9.99. The first kappa shape index (κ1) is 16.5. The van der Waals surface area contributed by atoms with Gasteiger partial charge in [-0.05, 0) is 23.3 Å². The number of aliphatic carboxylic acids is 1. The van der Waals surface area contributed by atoms with E-state index in [9.17, 15) is 18.0 Å². The predicted molar refractivity (Wildman–Crippen MR) is 78.5 cm³/mol. The molecule has 2 rings (SSSR count). The van der Waals surface area contributed by atoms with Gasteiger partial charge in [-0.15, -0.1) is 0 Å². The van der Waals surface area contributed by atoms with Crippen LogP contribution < -0.4 is 0 Å². The Morgan fingerprint density at radius 2 is 1.87 bits per heavy atom. The van der Waals surface area contributed by atoms with Gasteiger partial charge in [-0.25, -0.2) is 4.79 Å². The van der Waals surface area contributed by atoms with Crippen LogP contribution in [0.15, 0.2) is 54.9 Å². The molecule has 0 amide bonds. The summed E-state index contributed by atoms with van der Waals surface area (Å²) in [7, 11) is 1.71. The molecule has 1 aromatic heterocycles. The lowest BCUT2D eigenvalue weighted by Gasteiger charge is -2.09. The highest BCUT2D eigenvalue weighted by atomic mass is 19.4. The summed E-state index contributed by atoms with van der Waals surface area (Å²) in [5, 5.41) is 12.7. The molecule has 0 aliphatic rings. The van der Waals surface area contributed by atoms with Crippen LogP contribution in [-0.2, 0) is 18.0 Å². The zero-order chi connectivity index (χ0) is 17.0. The molecule has 0 radical (unpaired) electrons. The smallest absolute Gasteiger partial charge is 0.416 e. The second-order valence-electron chi connectivity index (χ2n) is 4.76. The average molecular weight is 322 g/mol. The molecule has 1 heterocycles. The Labute approximate surface area is 130 Å². The highest BCUT2D eigenvalue weighted by Crippen LogP contribution is 2.31. The van der Waals surface area contributed by atoms with Crippen LogP contribution in [-0.4, -0.2) is 20.9 Å². The van der Waals surface area contributed by atoms with E-state index in [-0.39, 0.29) is 0 Å². The van der Waals surface area contributed by atoms with Crippen molar-refractivity contribution in [2.24, 2.45) is 7.05 Å². The first-order chi connectivity index (χ1) is 10.8. The summed E-state index contributed by atoms with van der Waals surface area (Å²) in [5.41, 5.74) is 1.03. The van der Waals surface area contributed by atoms with Crippen LogP contribution in [0.5, 0.6) is 0 Å². The molecule has 1 aromatic carbocycles. The fourth-order valence-electron chi connectivity index (χ4n) is 1.98. The molecule has 0 aliphatic carbocycles. The van der Waals surface area contributed by atoms with Gasteiger partial charge < -0.3 is 5.11 Å². The first-order valence-electron chi connectivity index (χ1n) is 6.55. The Morgan fingerprint density at radius 3 is 2.35 bits per heavy atom. The highest BCUT2D eigenvalue weighted by molar-refractivity contribution is 5.83. The van der Waals surface area contributed by atoms with Crippen LogP contribution in [0.3, 0.4) is 0 Å². The quantitative estimate of drug-likeness (QED) is 0.692. The number of benzene rings is 1. The lowest BCUT2D eigenvalue weighted by Crippen LogP contribution is -2.04. The average Bonchev–Trinajstić information content (AvgIpc) is 2.89. The van der Waals surface area contributed by atoms with Crippen molar-refractivity contribution in [3.63, 3.8) is 0 Å². The van der Waals surface area contributed by atoms with Gasteiger partial charge in [-0.3, -0.25) is 4.68 Å². The molecule has 0 atom stereocenters. The maximum atomic E-state index is 12.6. The van der Waals surface area contributed by atoms with E-state index < -0.39 is 17.7 Å². The van der Waals surface area contributed by atoms with Gasteiger partial charge >= 0.3 is 12.1 Å². The summed E-state index contributed by atoms with van der Waals surface area (Å²) in [6.45, 7) is 0. The maximum absolute atomic E-state index is 12.6. The number of aryl methyl sites for hydroxylation is 1. The molecule has 2 aromatic rings. The van der Waals surface area contributed by atoms with Crippen molar-refractivity contribution in [3.8, 4) is 0 Å². The molecule has 0 saturated heterocycles. The molecule has 7 heteroatoms. The van der Waals surface area contributed by atoms with E-state index >= 15 is 0 Å². The van der Waals surface area contributed by atoms with Gasteiger partial charge in [-0.2, -0.15) is 18.3 Å². The van der Waals surface area contributed by atoms with Crippen LogP contribution in [0.25, 0.3) is 5.57 Å². The number of carboxylic acids is 1. The SMILES string of the molecule is Cn1cc(/C(=C/C=C/C(=O)O)c2ccc(C(F)(F)F)cc2)cn1. The zero-order valence-electron chi connectivity index (χ0n) is 12.1. The minimum Gasteiger partial charge on any atom is -0.478 e. The minimum absolute atomic E-state index is 0.529. The fourth-order valence-corrected chi connectivity index (χ4v) is 1.98. The summed E-state index contributed by atoms with van der Waals surface area (Å²) >= 11 is 0. The third kappa shape index (κ3) is 4.32. The van der Waals surface area contributed by atoms with E-state index in [1.807, 2.05) is 0 Å². The van der Waals surface area contributed by atoms with Gasteiger partial charge in [0.2, 0.25) is 0 Å². The Hall–Kier alpha value is -2.83. The van der Waals surface area contributed by atoms with E-state index in [1.165, 1.54) is 24.3 Å². The molecule has 0 aliphatic heterocycles. The lowest BCUT2D eigenvalue weighted by molar-refractivity contribution is -0.137. The van der Waals surface area contributed by atoms with Crippen molar-refractivity contribution in [1.82, 2.24) is 9.78 Å². The molecular formula is C16H13F3N2O2. The number of rotatable bonds is 4. The van der Waals surface area contributed by atoms with Crippen LogP contribution in [0, 0.1) is 0 Å². The van der Waals surface area contributed by atoms with Crippen molar-refractivity contribution in [2.45, 2.75) is 6.18 Å². The van der Waals surface area contributed by atoms with Crippen molar-refractivity contribution in [3.05, 3.63) is 71.6 Å². The van der Waals surface area contributed by atoms with Crippen molar-refractivity contribution >= 4 is 11.5 Å². The summed E-state index contributed by atoms with van der Waals surface area (Å²) in [5.74, 6) is -1.11. The Morgan fingerprint density at radius 1 is 1.22 bits per heavy atom.